The second kappa shape index (κ2) is 9.99. The number of rotatable bonds is 7. The molecule has 4 rings (SSSR count). The van der Waals surface area contributed by atoms with Gasteiger partial charge < -0.3 is 19.2 Å². The minimum Gasteiger partial charge on any atom is -0.459 e. The summed E-state index contributed by atoms with van der Waals surface area (Å²) in [6, 6.07) is 15.7. The highest BCUT2D eigenvalue weighted by molar-refractivity contribution is 7.89. The Morgan fingerprint density at radius 2 is 1.76 bits per heavy atom. The molecule has 2 aromatic carbocycles. The average Bonchev–Trinajstić information content (AvgIpc) is 3.39. The molecule has 3 aromatic rings. The standard InChI is InChI=1S/C23H22N2O7S/c26-22(21-5-2-12-31-21)24-19-8-6-18(7-9-19)23(27)32-16-17-3-1-4-20(15-17)33(28,29)25-10-13-30-14-11-25/h1-9,12,15H,10-11,13-14,16H2,(H,24,26). The molecular formula is C23H22N2O7S. The lowest BCUT2D eigenvalue weighted by atomic mass is 10.2. The lowest BCUT2D eigenvalue weighted by molar-refractivity contribution is 0.0472. The van der Waals surface area contributed by atoms with Gasteiger partial charge in [0.15, 0.2) is 5.76 Å². The molecule has 0 unspecified atom stereocenters. The number of nitrogens with zero attached hydrogens (tertiary/aromatic N) is 1. The van der Waals surface area contributed by atoms with Gasteiger partial charge in [0.2, 0.25) is 10.0 Å². The molecule has 0 saturated carbocycles. The Balaban J connectivity index is 1.36. The largest absolute Gasteiger partial charge is 0.459 e. The molecule has 0 aliphatic carbocycles. The van der Waals surface area contributed by atoms with Crippen LogP contribution in [0.1, 0.15) is 26.5 Å². The Hall–Kier alpha value is -3.47. The van der Waals surface area contributed by atoms with E-state index in [0.29, 0.717) is 43.1 Å². The monoisotopic (exact) mass is 470 g/mol. The molecule has 1 aliphatic heterocycles. The smallest absolute Gasteiger partial charge is 0.338 e. The lowest BCUT2D eigenvalue weighted by Crippen LogP contribution is -2.40. The van der Waals surface area contributed by atoms with Crippen LogP contribution in [0.2, 0.25) is 0 Å². The van der Waals surface area contributed by atoms with Gasteiger partial charge in [0.05, 0.1) is 29.9 Å². The quantitative estimate of drug-likeness (QED) is 0.528. The average molecular weight is 471 g/mol. The second-order valence-electron chi connectivity index (χ2n) is 7.25. The van der Waals surface area contributed by atoms with E-state index in [1.165, 1.54) is 34.8 Å². The van der Waals surface area contributed by atoms with E-state index in [1.807, 2.05) is 0 Å². The zero-order valence-electron chi connectivity index (χ0n) is 17.6. The first kappa shape index (κ1) is 22.7. The molecule has 0 atom stereocenters. The molecule has 9 nitrogen and oxygen atoms in total. The number of esters is 1. The molecular weight excluding hydrogens is 448 g/mol. The molecule has 2 heterocycles. The van der Waals surface area contributed by atoms with E-state index in [-0.39, 0.29) is 17.3 Å². The predicted octanol–water partition coefficient (Wildman–Crippen LogP) is 2.91. The Morgan fingerprint density at radius 3 is 2.45 bits per heavy atom. The molecule has 0 spiro atoms. The van der Waals surface area contributed by atoms with E-state index in [9.17, 15) is 18.0 Å². The predicted molar refractivity (Wildman–Crippen MR) is 118 cm³/mol. The first-order chi connectivity index (χ1) is 15.9. The van der Waals surface area contributed by atoms with Crippen LogP contribution in [0.5, 0.6) is 0 Å². The first-order valence-electron chi connectivity index (χ1n) is 10.2. The molecule has 0 radical (unpaired) electrons. The van der Waals surface area contributed by atoms with Crippen LogP contribution in [0.4, 0.5) is 5.69 Å². The van der Waals surface area contributed by atoms with Crippen molar-refractivity contribution in [3.63, 3.8) is 0 Å². The zero-order valence-corrected chi connectivity index (χ0v) is 18.4. The number of carbonyl (C=O) groups is 2. The van der Waals surface area contributed by atoms with Crippen LogP contribution in [0.3, 0.4) is 0 Å². The topological polar surface area (TPSA) is 115 Å². The summed E-state index contributed by atoms with van der Waals surface area (Å²) in [5.41, 5.74) is 1.34. The normalized spacial score (nSPS) is 14.5. The Morgan fingerprint density at radius 1 is 1.00 bits per heavy atom. The van der Waals surface area contributed by atoms with Crippen molar-refractivity contribution >= 4 is 27.6 Å². The third-order valence-electron chi connectivity index (χ3n) is 5.00. The summed E-state index contributed by atoms with van der Waals surface area (Å²) >= 11 is 0. The molecule has 1 aliphatic rings. The number of furan rings is 1. The Labute approximate surface area is 191 Å². The number of sulfonamides is 1. The van der Waals surface area contributed by atoms with E-state index in [2.05, 4.69) is 5.32 Å². The van der Waals surface area contributed by atoms with Gasteiger partial charge in [0, 0.05) is 18.8 Å². The SMILES string of the molecule is O=C(OCc1cccc(S(=O)(=O)N2CCOCC2)c1)c1ccc(NC(=O)c2ccco2)cc1. The molecule has 1 aromatic heterocycles. The molecule has 1 fully saturated rings. The third kappa shape index (κ3) is 5.48. The fourth-order valence-corrected chi connectivity index (χ4v) is 4.73. The molecule has 1 N–H and O–H groups in total. The summed E-state index contributed by atoms with van der Waals surface area (Å²) in [5, 5.41) is 2.66. The summed E-state index contributed by atoms with van der Waals surface area (Å²) in [6.07, 6.45) is 1.40. The highest BCUT2D eigenvalue weighted by atomic mass is 32.2. The highest BCUT2D eigenvalue weighted by Gasteiger charge is 2.26. The van der Waals surface area contributed by atoms with Gasteiger partial charge in [-0.25, -0.2) is 13.2 Å². The first-order valence-corrected chi connectivity index (χ1v) is 11.7. The molecule has 0 bridgehead atoms. The maximum Gasteiger partial charge on any atom is 0.338 e. The van der Waals surface area contributed by atoms with Gasteiger partial charge in [-0.2, -0.15) is 4.31 Å². The van der Waals surface area contributed by atoms with Crippen LogP contribution in [-0.2, 0) is 26.1 Å². The molecule has 172 valence electrons. The van der Waals surface area contributed by atoms with Crippen LogP contribution in [-0.4, -0.2) is 50.9 Å². The molecule has 33 heavy (non-hydrogen) atoms. The van der Waals surface area contributed by atoms with Gasteiger partial charge in [-0.1, -0.05) is 12.1 Å². The summed E-state index contributed by atoms with van der Waals surface area (Å²) in [7, 11) is -3.63. The summed E-state index contributed by atoms with van der Waals surface area (Å²) in [5.74, 6) is -0.793. The van der Waals surface area contributed by atoms with Crippen molar-refractivity contribution in [3.05, 3.63) is 83.8 Å². The van der Waals surface area contributed by atoms with E-state index in [4.69, 9.17) is 13.9 Å². The molecule has 1 amide bonds. The summed E-state index contributed by atoms with van der Waals surface area (Å²) < 4.78 is 42.6. The van der Waals surface area contributed by atoms with Gasteiger partial charge in [-0.3, -0.25) is 4.79 Å². The number of carbonyl (C=O) groups excluding carboxylic acids is 2. The van der Waals surface area contributed by atoms with Crippen LogP contribution in [0.25, 0.3) is 0 Å². The number of morpholine rings is 1. The summed E-state index contributed by atoms with van der Waals surface area (Å²) in [4.78, 5) is 24.6. The fourth-order valence-electron chi connectivity index (χ4n) is 3.25. The van der Waals surface area contributed by atoms with E-state index >= 15 is 0 Å². The van der Waals surface area contributed by atoms with Gasteiger partial charge in [0.1, 0.15) is 6.61 Å². The molecule has 1 saturated heterocycles. The van der Waals surface area contributed by atoms with Crippen LogP contribution in [0.15, 0.2) is 76.2 Å². The van der Waals surface area contributed by atoms with Gasteiger partial charge in [-0.15, -0.1) is 0 Å². The highest BCUT2D eigenvalue weighted by Crippen LogP contribution is 2.19. The van der Waals surface area contributed by atoms with Crippen molar-refractivity contribution in [2.75, 3.05) is 31.6 Å². The van der Waals surface area contributed by atoms with Crippen molar-refractivity contribution in [1.82, 2.24) is 4.31 Å². The maximum atomic E-state index is 12.8. The molecule has 10 heteroatoms. The van der Waals surface area contributed by atoms with Crippen LogP contribution < -0.4 is 5.32 Å². The number of benzene rings is 2. The maximum absolute atomic E-state index is 12.8. The van der Waals surface area contributed by atoms with E-state index in [0.717, 1.165) is 0 Å². The van der Waals surface area contributed by atoms with E-state index in [1.54, 1.807) is 36.4 Å². The fraction of sp³-hybridized carbons (Fsp3) is 0.217. The zero-order chi connectivity index (χ0) is 23.3. The van der Waals surface area contributed by atoms with Crippen molar-refractivity contribution in [2.45, 2.75) is 11.5 Å². The Bertz CT molecular complexity index is 1220. The lowest BCUT2D eigenvalue weighted by Gasteiger charge is -2.26. The van der Waals surface area contributed by atoms with Crippen molar-refractivity contribution in [1.29, 1.82) is 0 Å². The van der Waals surface area contributed by atoms with Gasteiger partial charge >= 0.3 is 5.97 Å². The Kier molecular flexibility index (Phi) is 6.87. The van der Waals surface area contributed by atoms with Crippen molar-refractivity contribution in [2.24, 2.45) is 0 Å². The number of amides is 1. The van der Waals surface area contributed by atoms with Crippen molar-refractivity contribution < 1.29 is 31.9 Å². The summed E-state index contributed by atoms with van der Waals surface area (Å²) in [6.45, 7) is 1.25. The van der Waals surface area contributed by atoms with Gasteiger partial charge in [0.25, 0.3) is 5.91 Å². The number of nitrogens with one attached hydrogen (secondary N) is 1. The van der Waals surface area contributed by atoms with Crippen LogP contribution in [0, 0.1) is 0 Å². The van der Waals surface area contributed by atoms with E-state index < -0.39 is 21.9 Å². The minimum absolute atomic E-state index is 0.0811. The van der Waals surface area contributed by atoms with Gasteiger partial charge in [-0.05, 0) is 54.1 Å². The minimum atomic E-state index is -3.63. The second-order valence-corrected chi connectivity index (χ2v) is 9.19. The third-order valence-corrected chi connectivity index (χ3v) is 6.89. The number of ether oxygens (including phenoxy) is 2. The number of hydrogen-bond acceptors (Lipinski definition) is 7. The number of anilines is 1. The van der Waals surface area contributed by atoms with Crippen molar-refractivity contribution in [3.8, 4) is 0 Å². The van der Waals surface area contributed by atoms with Crippen LogP contribution >= 0.6 is 0 Å². The number of hydrogen-bond donors (Lipinski definition) is 1.